The Morgan fingerprint density at radius 2 is 1.75 bits per heavy atom. The zero-order valence-corrected chi connectivity index (χ0v) is 10.3. The van der Waals surface area contributed by atoms with E-state index in [1.54, 1.807) is 21.0 Å². The molecule has 0 aliphatic rings. The molecule has 16 heavy (non-hydrogen) atoms. The smallest absolute Gasteiger partial charge is 0.227 e. The standard InChI is InChI=1S/C13H19NO2/c1-9-5-7-11(8-6-9)12(15)10(2)13(16)14(3)4/h5-8,10,12,15H,1-4H3/t10-,12-/m0/s1. The number of benzene rings is 1. The van der Waals surface area contributed by atoms with E-state index in [1.165, 1.54) is 4.90 Å². The van der Waals surface area contributed by atoms with Gasteiger partial charge in [0.25, 0.3) is 0 Å². The lowest BCUT2D eigenvalue weighted by Crippen LogP contribution is -2.31. The van der Waals surface area contributed by atoms with Gasteiger partial charge in [-0.2, -0.15) is 0 Å². The van der Waals surface area contributed by atoms with Gasteiger partial charge in [-0.3, -0.25) is 4.79 Å². The Kier molecular flexibility index (Phi) is 4.07. The number of nitrogens with zero attached hydrogens (tertiary/aromatic N) is 1. The molecule has 0 radical (unpaired) electrons. The predicted octanol–water partition coefficient (Wildman–Crippen LogP) is 1.75. The van der Waals surface area contributed by atoms with Gasteiger partial charge in [-0.1, -0.05) is 36.8 Å². The zero-order chi connectivity index (χ0) is 12.3. The highest BCUT2D eigenvalue weighted by atomic mass is 16.3. The summed E-state index contributed by atoms with van der Waals surface area (Å²) in [6, 6.07) is 7.59. The van der Waals surface area contributed by atoms with Crippen molar-refractivity contribution in [3.05, 3.63) is 35.4 Å². The van der Waals surface area contributed by atoms with Crippen LogP contribution in [-0.4, -0.2) is 30.0 Å². The number of carbonyl (C=O) groups excluding carboxylic acids is 1. The highest BCUT2D eigenvalue weighted by Gasteiger charge is 2.24. The molecule has 1 rings (SSSR count). The fraction of sp³-hybridized carbons (Fsp3) is 0.462. The van der Waals surface area contributed by atoms with Crippen LogP contribution in [0.1, 0.15) is 24.2 Å². The fourth-order valence-corrected chi connectivity index (χ4v) is 1.59. The molecule has 88 valence electrons. The van der Waals surface area contributed by atoms with Crippen LogP contribution >= 0.6 is 0 Å². The minimum absolute atomic E-state index is 0.0620. The van der Waals surface area contributed by atoms with Crippen molar-refractivity contribution < 1.29 is 9.90 Å². The van der Waals surface area contributed by atoms with Gasteiger partial charge in [0.2, 0.25) is 5.91 Å². The molecule has 2 atom stereocenters. The van der Waals surface area contributed by atoms with Gasteiger partial charge in [-0.15, -0.1) is 0 Å². The van der Waals surface area contributed by atoms with Crippen LogP contribution in [-0.2, 0) is 4.79 Å². The number of amides is 1. The highest BCUT2D eigenvalue weighted by Crippen LogP contribution is 2.23. The molecule has 1 aromatic rings. The second kappa shape index (κ2) is 5.12. The molecule has 1 amide bonds. The Labute approximate surface area is 96.7 Å². The first-order valence-electron chi connectivity index (χ1n) is 5.39. The van der Waals surface area contributed by atoms with E-state index < -0.39 is 12.0 Å². The van der Waals surface area contributed by atoms with Crippen molar-refractivity contribution >= 4 is 5.91 Å². The number of aryl methyl sites for hydroxylation is 1. The summed E-state index contributed by atoms with van der Waals surface area (Å²) in [5, 5.41) is 10.1. The van der Waals surface area contributed by atoms with E-state index in [2.05, 4.69) is 0 Å². The SMILES string of the molecule is Cc1ccc([C@@H](O)[C@H](C)C(=O)N(C)C)cc1. The van der Waals surface area contributed by atoms with Crippen LogP contribution < -0.4 is 0 Å². The third-order valence-electron chi connectivity index (χ3n) is 2.72. The Bertz CT molecular complexity index is 357. The fourth-order valence-electron chi connectivity index (χ4n) is 1.59. The number of carbonyl (C=O) groups is 1. The summed E-state index contributed by atoms with van der Waals surface area (Å²) in [6.07, 6.45) is -0.740. The summed E-state index contributed by atoms with van der Waals surface area (Å²) in [5.41, 5.74) is 1.93. The van der Waals surface area contributed by atoms with Crippen molar-refractivity contribution in [1.29, 1.82) is 0 Å². The lowest BCUT2D eigenvalue weighted by atomic mass is 9.96. The van der Waals surface area contributed by atoms with Gasteiger partial charge < -0.3 is 10.0 Å². The van der Waals surface area contributed by atoms with Gasteiger partial charge in [0, 0.05) is 14.1 Å². The Hall–Kier alpha value is -1.35. The minimum Gasteiger partial charge on any atom is -0.388 e. The molecule has 3 nitrogen and oxygen atoms in total. The third kappa shape index (κ3) is 2.83. The van der Waals surface area contributed by atoms with Gasteiger partial charge in [-0.05, 0) is 12.5 Å². The van der Waals surface area contributed by atoms with Crippen LogP contribution in [0.3, 0.4) is 0 Å². The van der Waals surface area contributed by atoms with Crippen molar-refractivity contribution in [2.45, 2.75) is 20.0 Å². The second-order valence-electron chi connectivity index (χ2n) is 4.38. The van der Waals surface area contributed by atoms with Crippen LogP contribution in [0.15, 0.2) is 24.3 Å². The monoisotopic (exact) mass is 221 g/mol. The third-order valence-corrected chi connectivity index (χ3v) is 2.72. The average Bonchev–Trinajstić information content (AvgIpc) is 2.27. The van der Waals surface area contributed by atoms with E-state index >= 15 is 0 Å². The highest BCUT2D eigenvalue weighted by molar-refractivity contribution is 5.78. The predicted molar refractivity (Wildman–Crippen MR) is 64.0 cm³/mol. The van der Waals surface area contributed by atoms with Crippen LogP contribution in [0.2, 0.25) is 0 Å². The van der Waals surface area contributed by atoms with Crippen LogP contribution in [0.4, 0.5) is 0 Å². The van der Waals surface area contributed by atoms with E-state index in [9.17, 15) is 9.90 Å². The van der Waals surface area contributed by atoms with Crippen molar-refractivity contribution in [2.75, 3.05) is 14.1 Å². The average molecular weight is 221 g/mol. The van der Waals surface area contributed by atoms with Crippen molar-refractivity contribution in [3.63, 3.8) is 0 Å². The maximum atomic E-state index is 11.7. The summed E-state index contributed by atoms with van der Waals surface area (Å²) in [4.78, 5) is 13.2. The summed E-state index contributed by atoms with van der Waals surface area (Å²) in [7, 11) is 3.39. The molecule has 0 unspecified atom stereocenters. The molecule has 1 N–H and O–H groups in total. The molecular weight excluding hydrogens is 202 g/mol. The quantitative estimate of drug-likeness (QED) is 0.844. The molecule has 3 heteroatoms. The van der Waals surface area contributed by atoms with Gasteiger partial charge in [0.05, 0.1) is 12.0 Å². The molecule has 0 heterocycles. The molecular formula is C13H19NO2. The van der Waals surface area contributed by atoms with E-state index in [0.29, 0.717) is 0 Å². The maximum Gasteiger partial charge on any atom is 0.227 e. The van der Waals surface area contributed by atoms with Crippen molar-refractivity contribution in [2.24, 2.45) is 5.92 Å². The van der Waals surface area contributed by atoms with E-state index in [1.807, 2.05) is 31.2 Å². The Morgan fingerprint density at radius 1 is 1.25 bits per heavy atom. The molecule has 0 bridgehead atoms. The lowest BCUT2D eigenvalue weighted by Gasteiger charge is -2.22. The summed E-state index contributed by atoms with van der Waals surface area (Å²) >= 11 is 0. The van der Waals surface area contributed by atoms with Crippen LogP contribution in [0.25, 0.3) is 0 Å². The molecule has 0 spiro atoms. The van der Waals surface area contributed by atoms with E-state index in [0.717, 1.165) is 11.1 Å². The first-order valence-corrected chi connectivity index (χ1v) is 5.39. The largest absolute Gasteiger partial charge is 0.388 e. The summed E-state index contributed by atoms with van der Waals surface area (Å²) in [6.45, 7) is 3.73. The topological polar surface area (TPSA) is 40.5 Å². The van der Waals surface area contributed by atoms with Crippen molar-refractivity contribution in [3.8, 4) is 0 Å². The Balaban J connectivity index is 2.81. The van der Waals surface area contributed by atoms with Gasteiger partial charge in [0.15, 0.2) is 0 Å². The molecule has 0 saturated carbocycles. The summed E-state index contributed by atoms with van der Waals surface area (Å²) in [5.74, 6) is -0.481. The van der Waals surface area contributed by atoms with E-state index in [-0.39, 0.29) is 5.91 Å². The number of hydrogen-bond donors (Lipinski definition) is 1. The van der Waals surface area contributed by atoms with E-state index in [4.69, 9.17) is 0 Å². The maximum absolute atomic E-state index is 11.7. The molecule has 0 aromatic heterocycles. The van der Waals surface area contributed by atoms with Gasteiger partial charge in [-0.25, -0.2) is 0 Å². The van der Waals surface area contributed by atoms with Crippen LogP contribution in [0.5, 0.6) is 0 Å². The normalized spacial score (nSPS) is 14.3. The first kappa shape index (κ1) is 12.7. The second-order valence-corrected chi connectivity index (χ2v) is 4.38. The zero-order valence-electron chi connectivity index (χ0n) is 10.3. The van der Waals surface area contributed by atoms with Gasteiger partial charge in [0.1, 0.15) is 0 Å². The molecule has 1 aromatic carbocycles. The van der Waals surface area contributed by atoms with Crippen LogP contribution in [0, 0.1) is 12.8 Å². The molecule has 0 aliphatic heterocycles. The van der Waals surface area contributed by atoms with Crippen molar-refractivity contribution in [1.82, 2.24) is 4.90 Å². The number of aliphatic hydroxyl groups excluding tert-OH is 1. The molecule has 0 aliphatic carbocycles. The number of aliphatic hydroxyl groups is 1. The number of hydrogen-bond acceptors (Lipinski definition) is 2. The lowest BCUT2D eigenvalue weighted by molar-refractivity contribution is -0.136. The molecule has 0 fully saturated rings. The van der Waals surface area contributed by atoms with Gasteiger partial charge >= 0.3 is 0 Å². The minimum atomic E-state index is -0.740. The number of rotatable bonds is 3. The summed E-state index contributed by atoms with van der Waals surface area (Å²) < 4.78 is 0. The Morgan fingerprint density at radius 3 is 2.19 bits per heavy atom. The first-order chi connectivity index (χ1) is 7.43. The molecule has 0 saturated heterocycles.